The predicted molar refractivity (Wildman–Crippen MR) is 62.9 cm³/mol. The Balaban J connectivity index is 3.12. The van der Waals surface area contributed by atoms with E-state index in [1.807, 2.05) is 0 Å². The van der Waals surface area contributed by atoms with E-state index >= 15 is 0 Å². The van der Waals surface area contributed by atoms with E-state index < -0.39 is 9.84 Å². The first-order valence-electron chi connectivity index (χ1n) is 5.38. The Morgan fingerprint density at radius 1 is 1.27 bits per heavy atom. The highest BCUT2D eigenvalue weighted by Crippen LogP contribution is 1.91. The van der Waals surface area contributed by atoms with Gasteiger partial charge in [0, 0.05) is 19.4 Å². The summed E-state index contributed by atoms with van der Waals surface area (Å²) < 4.78 is 26.9. The van der Waals surface area contributed by atoms with Gasteiger partial charge in [0.25, 0.3) is 0 Å². The molecule has 0 aromatic heterocycles. The van der Waals surface area contributed by atoms with Crippen LogP contribution in [0.15, 0.2) is 0 Å². The molecule has 0 aliphatic heterocycles. The standard InChI is InChI=1S/C10H23NO3S/c1-10(2)9-14-7-6-11-5-4-8-15(3,12)13/h10-11H,4-9H2,1-3H3. The summed E-state index contributed by atoms with van der Waals surface area (Å²) in [4.78, 5) is 0. The van der Waals surface area contributed by atoms with Crippen LogP contribution in [0.25, 0.3) is 0 Å². The summed E-state index contributed by atoms with van der Waals surface area (Å²) in [5.41, 5.74) is 0. The van der Waals surface area contributed by atoms with E-state index in [2.05, 4.69) is 19.2 Å². The molecular weight excluding hydrogens is 214 g/mol. The first-order chi connectivity index (χ1) is 6.92. The smallest absolute Gasteiger partial charge is 0.147 e. The highest BCUT2D eigenvalue weighted by Gasteiger charge is 2.00. The van der Waals surface area contributed by atoms with Crippen molar-refractivity contribution in [1.82, 2.24) is 5.32 Å². The van der Waals surface area contributed by atoms with Gasteiger partial charge in [0.2, 0.25) is 0 Å². The Kier molecular flexibility index (Phi) is 8.00. The molecule has 0 atom stereocenters. The van der Waals surface area contributed by atoms with Crippen molar-refractivity contribution in [3.63, 3.8) is 0 Å². The van der Waals surface area contributed by atoms with Gasteiger partial charge < -0.3 is 10.1 Å². The fourth-order valence-electron chi connectivity index (χ4n) is 1.05. The number of ether oxygens (including phenoxy) is 1. The lowest BCUT2D eigenvalue weighted by Crippen LogP contribution is -2.23. The minimum atomic E-state index is -2.80. The molecule has 0 aromatic carbocycles. The molecular formula is C10H23NO3S. The Labute approximate surface area is 93.3 Å². The van der Waals surface area contributed by atoms with Crippen molar-refractivity contribution in [3.05, 3.63) is 0 Å². The monoisotopic (exact) mass is 237 g/mol. The van der Waals surface area contributed by atoms with E-state index in [9.17, 15) is 8.42 Å². The zero-order chi connectivity index (χ0) is 11.7. The highest BCUT2D eigenvalue weighted by atomic mass is 32.2. The molecule has 0 rings (SSSR count). The minimum Gasteiger partial charge on any atom is -0.380 e. The van der Waals surface area contributed by atoms with Gasteiger partial charge >= 0.3 is 0 Å². The lowest BCUT2D eigenvalue weighted by molar-refractivity contribution is 0.112. The van der Waals surface area contributed by atoms with Gasteiger partial charge in [0.05, 0.1) is 12.4 Å². The summed E-state index contributed by atoms with van der Waals surface area (Å²) in [6.45, 7) is 7.22. The van der Waals surface area contributed by atoms with Crippen LogP contribution >= 0.6 is 0 Å². The summed E-state index contributed by atoms with van der Waals surface area (Å²) in [5.74, 6) is 0.822. The first-order valence-corrected chi connectivity index (χ1v) is 7.44. The van der Waals surface area contributed by atoms with Crippen LogP contribution in [0.2, 0.25) is 0 Å². The second-order valence-electron chi connectivity index (χ2n) is 4.20. The van der Waals surface area contributed by atoms with Crippen LogP contribution in [0, 0.1) is 5.92 Å². The number of sulfone groups is 1. The van der Waals surface area contributed by atoms with Gasteiger partial charge in [-0.1, -0.05) is 13.8 Å². The second-order valence-corrected chi connectivity index (χ2v) is 6.46. The van der Waals surface area contributed by atoms with Crippen LogP contribution < -0.4 is 5.32 Å². The molecule has 0 amide bonds. The van der Waals surface area contributed by atoms with E-state index in [1.165, 1.54) is 6.26 Å². The van der Waals surface area contributed by atoms with E-state index in [0.29, 0.717) is 18.9 Å². The maximum Gasteiger partial charge on any atom is 0.147 e. The number of nitrogens with one attached hydrogen (secondary N) is 1. The zero-order valence-electron chi connectivity index (χ0n) is 9.95. The maximum atomic E-state index is 10.8. The molecule has 5 heteroatoms. The van der Waals surface area contributed by atoms with Crippen LogP contribution in [-0.4, -0.2) is 46.7 Å². The molecule has 92 valence electrons. The Hall–Kier alpha value is -0.130. The molecule has 1 N–H and O–H groups in total. The number of hydrogen-bond acceptors (Lipinski definition) is 4. The zero-order valence-corrected chi connectivity index (χ0v) is 10.8. The SMILES string of the molecule is CC(C)COCCNCCCS(C)(=O)=O. The average molecular weight is 237 g/mol. The van der Waals surface area contributed by atoms with Gasteiger partial charge in [-0.25, -0.2) is 8.42 Å². The quantitative estimate of drug-likeness (QED) is 0.599. The van der Waals surface area contributed by atoms with Crippen LogP contribution in [0.3, 0.4) is 0 Å². The van der Waals surface area contributed by atoms with Gasteiger partial charge in [0.15, 0.2) is 0 Å². The lowest BCUT2D eigenvalue weighted by atomic mass is 10.2. The van der Waals surface area contributed by atoms with E-state index in [-0.39, 0.29) is 5.75 Å². The fourth-order valence-corrected chi connectivity index (χ4v) is 1.72. The largest absolute Gasteiger partial charge is 0.380 e. The Morgan fingerprint density at radius 3 is 2.47 bits per heavy atom. The van der Waals surface area contributed by atoms with Crippen molar-refractivity contribution in [3.8, 4) is 0 Å². The molecule has 0 bridgehead atoms. The van der Waals surface area contributed by atoms with Crippen LogP contribution in [0.1, 0.15) is 20.3 Å². The molecule has 4 nitrogen and oxygen atoms in total. The van der Waals surface area contributed by atoms with Crippen molar-refractivity contribution in [1.29, 1.82) is 0 Å². The summed E-state index contributed by atoms with van der Waals surface area (Å²) in [7, 11) is -2.80. The molecule has 0 aliphatic carbocycles. The maximum absolute atomic E-state index is 10.8. The van der Waals surface area contributed by atoms with Crippen molar-refractivity contribution < 1.29 is 13.2 Å². The van der Waals surface area contributed by atoms with E-state index in [4.69, 9.17) is 4.74 Å². The van der Waals surface area contributed by atoms with Crippen LogP contribution in [0.4, 0.5) is 0 Å². The van der Waals surface area contributed by atoms with Crippen molar-refractivity contribution >= 4 is 9.84 Å². The minimum absolute atomic E-state index is 0.257. The van der Waals surface area contributed by atoms with E-state index in [1.54, 1.807) is 0 Å². The topological polar surface area (TPSA) is 55.4 Å². The van der Waals surface area contributed by atoms with Gasteiger partial charge in [-0.05, 0) is 18.9 Å². The fraction of sp³-hybridized carbons (Fsp3) is 1.00. The second kappa shape index (κ2) is 8.07. The number of hydrogen-bond donors (Lipinski definition) is 1. The van der Waals surface area contributed by atoms with Crippen molar-refractivity contribution in [2.45, 2.75) is 20.3 Å². The molecule has 0 spiro atoms. The molecule has 0 aromatic rings. The molecule has 0 aliphatic rings. The molecule has 0 fully saturated rings. The molecule has 0 saturated heterocycles. The summed E-state index contributed by atoms with van der Waals surface area (Å²) in [5, 5.41) is 3.14. The van der Waals surface area contributed by atoms with Gasteiger partial charge in [-0.15, -0.1) is 0 Å². The molecule has 0 unspecified atom stereocenters. The summed E-state index contributed by atoms with van der Waals surface area (Å²) in [6.07, 6.45) is 1.93. The molecule has 0 saturated carbocycles. The van der Waals surface area contributed by atoms with Crippen molar-refractivity contribution in [2.75, 3.05) is 38.3 Å². The van der Waals surface area contributed by atoms with Crippen molar-refractivity contribution in [2.24, 2.45) is 5.92 Å². The highest BCUT2D eigenvalue weighted by molar-refractivity contribution is 7.90. The molecule has 0 radical (unpaired) electrons. The Bertz CT molecular complexity index is 237. The third-order valence-corrected chi connectivity index (χ3v) is 2.77. The van der Waals surface area contributed by atoms with Gasteiger partial charge in [-0.3, -0.25) is 0 Å². The lowest BCUT2D eigenvalue weighted by Gasteiger charge is -2.07. The van der Waals surface area contributed by atoms with Crippen LogP contribution in [0.5, 0.6) is 0 Å². The average Bonchev–Trinajstić information content (AvgIpc) is 2.07. The number of rotatable bonds is 9. The summed E-state index contributed by atoms with van der Waals surface area (Å²) >= 11 is 0. The predicted octanol–water partition coefficient (Wildman–Crippen LogP) is 0.683. The third kappa shape index (κ3) is 13.9. The van der Waals surface area contributed by atoms with Crippen LogP contribution in [-0.2, 0) is 14.6 Å². The molecule has 15 heavy (non-hydrogen) atoms. The summed E-state index contributed by atoms with van der Waals surface area (Å²) in [6, 6.07) is 0. The normalized spacial score (nSPS) is 12.3. The van der Waals surface area contributed by atoms with E-state index in [0.717, 1.165) is 19.7 Å². The first kappa shape index (κ1) is 14.9. The third-order valence-electron chi connectivity index (χ3n) is 1.74. The van der Waals surface area contributed by atoms with Gasteiger partial charge in [-0.2, -0.15) is 0 Å². The molecule has 0 heterocycles. The Morgan fingerprint density at radius 2 is 1.93 bits per heavy atom. The van der Waals surface area contributed by atoms with Gasteiger partial charge in [0.1, 0.15) is 9.84 Å².